The maximum Gasteiger partial charge on any atom is 0.0587 e. The van der Waals surface area contributed by atoms with Gasteiger partial charge in [0.25, 0.3) is 0 Å². The minimum Gasteiger partial charge on any atom is -0.383 e. The SMILES string of the molecule is COCCNCC1(Cc2cccc(Cl)c2)CC1. The summed E-state index contributed by atoms with van der Waals surface area (Å²) in [6, 6.07) is 8.21. The van der Waals surface area contributed by atoms with Gasteiger partial charge in [-0.1, -0.05) is 23.7 Å². The highest BCUT2D eigenvalue weighted by Crippen LogP contribution is 2.47. The van der Waals surface area contributed by atoms with Crippen molar-refractivity contribution in [3.8, 4) is 0 Å². The molecule has 3 heteroatoms. The van der Waals surface area contributed by atoms with Gasteiger partial charge in [0.05, 0.1) is 6.61 Å². The number of hydrogen-bond acceptors (Lipinski definition) is 2. The van der Waals surface area contributed by atoms with Gasteiger partial charge in [0.15, 0.2) is 0 Å². The first-order valence-corrected chi connectivity index (χ1v) is 6.56. The molecule has 0 unspecified atom stereocenters. The Kier molecular flexibility index (Phi) is 4.43. The Morgan fingerprint density at radius 1 is 1.41 bits per heavy atom. The lowest BCUT2D eigenvalue weighted by Gasteiger charge is -2.16. The van der Waals surface area contributed by atoms with E-state index in [0.29, 0.717) is 5.41 Å². The molecule has 0 atom stereocenters. The summed E-state index contributed by atoms with van der Waals surface area (Å²) >= 11 is 6.01. The maximum absolute atomic E-state index is 6.01. The molecule has 0 heterocycles. The minimum atomic E-state index is 0.471. The molecule has 0 spiro atoms. The van der Waals surface area contributed by atoms with Crippen LogP contribution >= 0.6 is 11.6 Å². The second-order valence-electron chi connectivity index (χ2n) is 4.98. The monoisotopic (exact) mass is 253 g/mol. The average molecular weight is 254 g/mol. The highest BCUT2D eigenvalue weighted by molar-refractivity contribution is 6.30. The van der Waals surface area contributed by atoms with Crippen molar-refractivity contribution < 1.29 is 4.74 Å². The van der Waals surface area contributed by atoms with E-state index in [1.165, 1.54) is 18.4 Å². The first-order valence-electron chi connectivity index (χ1n) is 6.18. The fourth-order valence-corrected chi connectivity index (χ4v) is 2.41. The van der Waals surface area contributed by atoms with Crippen molar-refractivity contribution >= 4 is 11.6 Å². The summed E-state index contributed by atoms with van der Waals surface area (Å²) in [5, 5.41) is 4.30. The lowest BCUT2D eigenvalue weighted by molar-refractivity contribution is 0.197. The Morgan fingerprint density at radius 2 is 2.24 bits per heavy atom. The first-order chi connectivity index (χ1) is 8.24. The topological polar surface area (TPSA) is 21.3 Å². The molecule has 1 aliphatic carbocycles. The van der Waals surface area contributed by atoms with E-state index >= 15 is 0 Å². The first kappa shape index (κ1) is 12.9. The van der Waals surface area contributed by atoms with Crippen LogP contribution in [0.2, 0.25) is 5.02 Å². The van der Waals surface area contributed by atoms with Crippen LogP contribution in [-0.2, 0) is 11.2 Å². The standard InChI is InChI=1S/C14H20ClNO/c1-17-8-7-16-11-14(5-6-14)10-12-3-2-4-13(15)9-12/h2-4,9,16H,5-8,10-11H2,1H3. The molecule has 1 saturated carbocycles. The van der Waals surface area contributed by atoms with Crippen LogP contribution < -0.4 is 5.32 Å². The minimum absolute atomic E-state index is 0.471. The van der Waals surface area contributed by atoms with Gasteiger partial charge >= 0.3 is 0 Å². The lowest BCUT2D eigenvalue weighted by Crippen LogP contribution is -2.28. The van der Waals surface area contributed by atoms with E-state index in [-0.39, 0.29) is 0 Å². The number of nitrogens with one attached hydrogen (secondary N) is 1. The van der Waals surface area contributed by atoms with Gasteiger partial charge in [-0.3, -0.25) is 0 Å². The third-order valence-corrected chi connectivity index (χ3v) is 3.64. The second kappa shape index (κ2) is 5.85. The van der Waals surface area contributed by atoms with Crippen LogP contribution in [0.3, 0.4) is 0 Å². The summed E-state index contributed by atoms with van der Waals surface area (Å²) in [7, 11) is 1.74. The zero-order valence-corrected chi connectivity index (χ0v) is 11.1. The van der Waals surface area contributed by atoms with E-state index in [9.17, 15) is 0 Å². The fourth-order valence-electron chi connectivity index (χ4n) is 2.20. The van der Waals surface area contributed by atoms with E-state index in [1.807, 2.05) is 12.1 Å². The summed E-state index contributed by atoms with van der Waals surface area (Å²) in [6.07, 6.45) is 3.77. The van der Waals surface area contributed by atoms with Crippen LogP contribution in [0.1, 0.15) is 18.4 Å². The van der Waals surface area contributed by atoms with Gasteiger partial charge in [0.2, 0.25) is 0 Å². The molecule has 1 aromatic rings. The van der Waals surface area contributed by atoms with E-state index in [1.54, 1.807) is 7.11 Å². The van der Waals surface area contributed by atoms with Gasteiger partial charge in [-0.05, 0) is 42.4 Å². The Labute approximate surface area is 108 Å². The molecule has 94 valence electrons. The van der Waals surface area contributed by atoms with E-state index in [0.717, 1.165) is 31.1 Å². The molecule has 1 aliphatic rings. The third kappa shape index (κ3) is 3.98. The zero-order chi connectivity index (χ0) is 12.1. The van der Waals surface area contributed by atoms with Crippen molar-refractivity contribution in [2.45, 2.75) is 19.3 Å². The van der Waals surface area contributed by atoms with Crippen LogP contribution in [0.5, 0.6) is 0 Å². The van der Waals surface area contributed by atoms with Gasteiger partial charge in [0, 0.05) is 25.2 Å². The summed E-state index contributed by atoms with van der Waals surface area (Å²) in [5.41, 5.74) is 1.82. The predicted molar refractivity (Wildman–Crippen MR) is 71.6 cm³/mol. The van der Waals surface area contributed by atoms with Gasteiger partial charge in [-0.15, -0.1) is 0 Å². The summed E-state index contributed by atoms with van der Waals surface area (Å²) in [6.45, 7) is 2.81. The van der Waals surface area contributed by atoms with Gasteiger partial charge in [-0.25, -0.2) is 0 Å². The molecule has 0 bridgehead atoms. The predicted octanol–water partition coefficient (Wildman–Crippen LogP) is 2.90. The summed E-state index contributed by atoms with van der Waals surface area (Å²) < 4.78 is 5.03. The van der Waals surface area contributed by atoms with Crippen molar-refractivity contribution in [3.05, 3.63) is 34.9 Å². The van der Waals surface area contributed by atoms with Crippen molar-refractivity contribution in [3.63, 3.8) is 0 Å². The fraction of sp³-hybridized carbons (Fsp3) is 0.571. The molecule has 17 heavy (non-hydrogen) atoms. The third-order valence-electron chi connectivity index (χ3n) is 3.41. The van der Waals surface area contributed by atoms with Crippen molar-refractivity contribution in [1.82, 2.24) is 5.32 Å². The van der Waals surface area contributed by atoms with Crippen LogP contribution in [-0.4, -0.2) is 26.8 Å². The van der Waals surface area contributed by atoms with Crippen LogP contribution in [0.15, 0.2) is 24.3 Å². The molecule has 1 N–H and O–H groups in total. The van der Waals surface area contributed by atoms with E-state index in [2.05, 4.69) is 17.4 Å². The second-order valence-corrected chi connectivity index (χ2v) is 5.41. The van der Waals surface area contributed by atoms with Crippen molar-refractivity contribution in [2.75, 3.05) is 26.8 Å². The largest absolute Gasteiger partial charge is 0.383 e. The lowest BCUT2D eigenvalue weighted by atomic mass is 9.96. The molecular formula is C14H20ClNO. The number of rotatable bonds is 7. The molecule has 1 aromatic carbocycles. The highest BCUT2D eigenvalue weighted by atomic mass is 35.5. The maximum atomic E-state index is 6.01. The summed E-state index contributed by atoms with van der Waals surface area (Å²) in [5.74, 6) is 0. The number of methoxy groups -OCH3 is 1. The Balaban J connectivity index is 1.81. The normalized spacial score (nSPS) is 17.1. The molecular weight excluding hydrogens is 234 g/mol. The van der Waals surface area contributed by atoms with E-state index in [4.69, 9.17) is 16.3 Å². The number of ether oxygens (including phenoxy) is 1. The highest BCUT2D eigenvalue weighted by Gasteiger charge is 2.41. The molecule has 0 amide bonds. The Hall–Kier alpha value is -0.570. The molecule has 0 radical (unpaired) electrons. The van der Waals surface area contributed by atoms with Gasteiger partial charge in [-0.2, -0.15) is 0 Å². The van der Waals surface area contributed by atoms with Crippen LogP contribution in [0.25, 0.3) is 0 Å². The number of hydrogen-bond donors (Lipinski definition) is 1. The average Bonchev–Trinajstić information content (AvgIpc) is 3.05. The molecule has 0 aliphatic heterocycles. The van der Waals surface area contributed by atoms with Crippen molar-refractivity contribution in [2.24, 2.45) is 5.41 Å². The summed E-state index contributed by atoms with van der Waals surface area (Å²) in [4.78, 5) is 0. The molecule has 2 rings (SSSR count). The quantitative estimate of drug-likeness (QED) is 0.755. The van der Waals surface area contributed by atoms with Gasteiger partial charge < -0.3 is 10.1 Å². The molecule has 1 fully saturated rings. The Morgan fingerprint density at radius 3 is 2.88 bits per heavy atom. The van der Waals surface area contributed by atoms with E-state index < -0.39 is 0 Å². The number of halogens is 1. The van der Waals surface area contributed by atoms with Crippen LogP contribution in [0.4, 0.5) is 0 Å². The van der Waals surface area contributed by atoms with Crippen LogP contribution in [0, 0.1) is 5.41 Å². The molecule has 2 nitrogen and oxygen atoms in total. The molecule has 0 saturated heterocycles. The zero-order valence-electron chi connectivity index (χ0n) is 10.3. The molecule has 0 aromatic heterocycles. The smallest absolute Gasteiger partial charge is 0.0587 e. The Bertz CT molecular complexity index is 363. The number of benzene rings is 1. The van der Waals surface area contributed by atoms with Crippen molar-refractivity contribution in [1.29, 1.82) is 0 Å². The van der Waals surface area contributed by atoms with Gasteiger partial charge in [0.1, 0.15) is 0 Å².